The zero-order chi connectivity index (χ0) is 15.6. The van der Waals surface area contributed by atoms with Gasteiger partial charge in [-0.25, -0.2) is 0 Å². The molecule has 113 valence electrons. The summed E-state index contributed by atoms with van der Waals surface area (Å²) in [5.74, 6) is 1.30. The minimum atomic E-state index is -4.33. The fourth-order valence-corrected chi connectivity index (χ4v) is 2.06. The Morgan fingerprint density at radius 1 is 1.19 bits per heavy atom. The molecule has 1 aromatic heterocycles. The quantitative estimate of drug-likeness (QED) is 0.786. The van der Waals surface area contributed by atoms with Crippen molar-refractivity contribution >= 4 is 0 Å². The summed E-state index contributed by atoms with van der Waals surface area (Å²) in [6.07, 6.45) is -3.42. The standard InChI is InChI=1S/C16H18F3N2/c1-11(2)7-8-21-12(3)9-15(20-21)13-5-4-6-14(10-13)16(17,18)19/h4-6,9-10H,7-8H2,1-3H3. The third-order valence-electron chi connectivity index (χ3n) is 3.29. The number of rotatable bonds is 4. The highest BCUT2D eigenvalue weighted by molar-refractivity contribution is 5.60. The van der Waals surface area contributed by atoms with Gasteiger partial charge in [0.2, 0.25) is 0 Å². The largest absolute Gasteiger partial charge is 0.416 e. The van der Waals surface area contributed by atoms with Crippen molar-refractivity contribution in [3.63, 3.8) is 0 Å². The molecule has 0 aliphatic rings. The molecule has 0 saturated heterocycles. The summed E-state index contributed by atoms with van der Waals surface area (Å²) in [6.45, 7) is 6.75. The molecule has 0 fully saturated rings. The van der Waals surface area contributed by atoms with Gasteiger partial charge in [-0.15, -0.1) is 0 Å². The predicted molar refractivity (Wildman–Crippen MR) is 76.6 cm³/mol. The molecule has 0 atom stereocenters. The topological polar surface area (TPSA) is 17.8 Å². The summed E-state index contributed by atoms with van der Waals surface area (Å²) in [6, 6.07) is 7.10. The van der Waals surface area contributed by atoms with Crippen LogP contribution in [0.3, 0.4) is 0 Å². The van der Waals surface area contributed by atoms with Crippen LogP contribution in [0.25, 0.3) is 11.3 Å². The average Bonchev–Trinajstić information content (AvgIpc) is 2.77. The molecule has 5 heteroatoms. The fourth-order valence-electron chi connectivity index (χ4n) is 2.06. The van der Waals surface area contributed by atoms with Crippen LogP contribution in [0.15, 0.2) is 30.3 Å². The van der Waals surface area contributed by atoms with Crippen LogP contribution in [0.2, 0.25) is 0 Å². The Kier molecular flexibility index (Phi) is 4.40. The molecule has 0 bridgehead atoms. The summed E-state index contributed by atoms with van der Waals surface area (Å²) < 4.78 is 40.1. The van der Waals surface area contributed by atoms with E-state index in [1.165, 1.54) is 12.0 Å². The number of nitrogens with zero attached hydrogens (tertiary/aromatic N) is 2. The highest BCUT2D eigenvalue weighted by Gasteiger charge is 2.30. The van der Waals surface area contributed by atoms with Gasteiger partial charge in [-0.2, -0.15) is 18.3 Å². The summed E-state index contributed by atoms with van der Waals surface area (Å²) in [5.41, 5.74) is 1.37. The van der Waals surface area contributed by atoms with Gasteiger partial charge in [-0.3, -0.25) is 4.68 Å². The third kappa shape index (κ3) is 3.86. The molecule has 0 unspecified atom stereocenters. The molecule has 0 N–H and O–H groups in total. The molecule has 21 heavy (non-hydrogen) atoms. The first-order chi connectivity index (χ1) is 9.77. The van der Waals surface area contributed by atoms with E-state index in [1.54, 1.807) is 6.07 Å². The monoisotopic (exact) mass is 295 g/mol. The average molecular weight is 295 g/mol. The van der Waals surface area contributed by atoms with Crippen molar-refractivity contribution in [2.75, 3.05) is 0 Å². The lowest BCUT2D eigenvalue weighted by atomic mass is 10.1. The molecule has 1 radical (unpaired) electrons. The van der Waals surface area contributed by atoms with E-state index in [0.717, 1.165) is 30.8 Å². The number of halogens is 3. The van der Waals surface area contributed by atoms with Gasteiger partial charge < -0.3 is 0 Å². The number of hydrogen-bond donors (Lipinski definition) is 0. The molecule has 1 heterocycles. The zero-order valence-corrected chi connectivity index (χ0v) is 12.3. The lowest BCUT2D eigenvalue weighted by molar-refractivity contribution is -0.137. The highest BCUT2D eigenvalue weighted by Crippen LogP contribution is 2.32. The van der Waals surface area contributed by atoms with Gasteiger partial charge in [0.05, 0.1) is 11.3 Å². The Labute approximate surface area is 122 Å². The summed E-state index contributed by atoms with van der Waals surface area (Å²) in [7, 11) is 0. The van der Waals surface area contributed by atoms with Gasteiger partial charge in [-0.05, 0) is 37.5 Å². The maximum atomic E-state index is 12.7. The Hall–Kier alpha value is -1.78. The molecule has 2 rings (SSSR count). The predicted octanol–water partition coefficient (Wildman–Crippen LogP) is 4.88. The minimum Gasteiger partial charge on any atom is -0.269 e. The Balaban J connectivity index is 2.28. The normalized spacial score (nSPS) is 12.1. The lowest BCUT2D eigenvalue weighted by Gasteiger charge is -2.08. The van der Waals surface area contributed by atoms with Gasteiger partial charge in [0.25, 0.3) is 0 Å². The van der Waals surface area contributed by atoms with E-state index in [4.69, 9.17) is 0 Å². The first-order valence-corrected chi connectivity index (χ1v) is 6.78. The molecule has 0 amide bonds. The highest BCUT2D eigenvalue weighted by atomic mass is 19.4. The van der Waals surface area contributed by atoms with E-state index in [2.05, 4.69) is 5.10 Å². The van der Waals surface area contributed by atoms with Gasteiger partial charge in [0.15, 0.2) is 0 Å². The maximum Gasteiger partial charge on any atom is 0.416 e. The number of hydrogen-bond acceptors (Lipinski definition) is 1. The van der Waals surface area contributed by atoms with Gasteiger partial charge in [-0.1, -0.05) is 26.0 Å². The molecule has 0 spiro atoms. The molecule has 0 saturated carbocycles. The Morgan fingerprint density at radius 2 is 1.90 bits per heavy atom. The van der Waals surface area contributed by atoms with E-state index < -0.39 is 11.7 Å². The summed E-state index contributed by atoms with van der Waals surface area (Å²) >= 11 is 0. The zero-order valence-electron chi connectivity index (χ0n) is 12.3. The van der Waals surface area contributed by atoms with Crippen LogP contribution in [0.1, 0.15) is 31.5 Å². The maximum absolute atomic E-state index is 12.7. The van der Waals surface area contributed by atoms with Crippen molar-refractivity contribution in [2.45, 2.75) is 39.9 Å². The molecule has 2 aromatic rings. The second kappa shape index (κ2) is 5.92. The molecule has 0 aliphatic heterocycles. The van der Waals surface area contributed by atoms with Crippen molar-refractivity contribution in [1.82, 2.24) is 9.78 Å². The van der Waals surface area contributed by atoms with Crippen molar-refractivity contribution in [1.29, 1.82) is 0 Å². The van der Waals surface area contributed by atoms with Crippen molar-refractivity contribution < 1.29 is 13.2 Å². The smallest absolute Gasteiger partial charge is 0.269 e. The summed E-state index contributed by atoms with van der Waals surface area (Å²) in [5, 5.41) is 4.41. The number of aromatic nitrogens is 2. The first-order valence-electron chi connectivity index (χ1n) is 6.78. The fraction of sp³-hybridized carbons (Fsp3) is 0.375. The number of benzene rings is 1. The van der Waals surface area contributed by atoms with E-state index >= 15 is 0 Å². The van der Waals surface area contributed by atoms with Crippen LogP contribution >= 0.6 is 0 Å². The number of aryl methyl sites for hydroxylation is 2. The van der Waals surface area contributed by atoms with Crippen LogP contribution in [0, 0.1) is 12.8 Å². The van der Waals surface area contributed by atoms with E-state index in [9.17, 15) is 13.2 Å². The van der Waals surface area contributed by atoms with E-state index in [0.29, 0.717) is 11.3 Å². The Morgan fingerprint density at radius 3 is 2.52 bits per heavy atom. The second-order valence-corrected chi connectivity index (χ2v) is 5.43. The van der Waals surface area contributed by atoms with Gasteiger partial charge in [0.1, 0.15) is 0 Å². The molecular weight excluding hydrogens is 277 g/mol. The molecular formula is C16H18F3N2. The van der Waals surface area contributed by atoms with Gasteiger partial charge in [0, 0.05) is 17.8 Å². The van der Waals surface area contributed by atoms with Crippen LogP contribution in [-0.4, -0.2) is 9.78 Å². The third-order valence-corrected chi connectivity index (χ3v) is 3.29. The van der Waals surface area contributed by atoms with E-state index in [1.807, 2.05) is 31.5 Å². The SMILES string of the molecule is C[C](C)CCn1nc(-c2cccc(C(F)(F)F)c2)cc1C. The van der Waals surface area contributed by atoms with Crippen molar-refractivity contribution in [3.05, 3.63) is 47.5 Å². The van der Waals surface area contributed by atoms with Crippen LogP contribution in [0.4, 0.5) is 13.2 Å². The van der Waals surface area contributed by atoms with Crippen molar-refractivity contribution in [2.24, 2.45) is 0 Å². The van der Waals surface area contributed by atoms with E-state index in [-0.39, 0.29) is 0 Å². The number of alkyl halides is 3. The first kappa shape index (κ1) is 15.6. The van der Waals surface area contributed by atoms with Crippen molar-refractivity contribution in [3.8, 4) is 11.3 Å². The van der Waals surface area contributed by atoms with Crippen LogP contribution in [-0.2, 0) is 12.7 Å². The molecule has 2 nitrogen and oxygen atoms in total. The minimum absolute atomic E-state index is 0.490. The molecule has 1 aromatic carbocycles. The van der Waals surface area contributed by atoms with Crippen LogP contribution < -0.4 is 0 Å². The molecule has 0 aliphatic carbocycles. The van der Waals surface area contributed by atoms with Gasteiger partial charge >= 0.3 is 6.18 Å². The lowest BCUT2D eigenvalue weighted by Crippen LogP contribution is -2.05. The Bertz CT molecular complexity index is 612. The second-order valence-electron chi connectivity index (χ2n) is 5.43. The summed E-state index contributed by atoms with van der Waals surface area (Å²) in [4.78, 5) is 0. The van der Waals surface area contributed by atoms with Crippen LogP contribution in [0.5, 0.6) is 0 Å².